The summed E-state index contributed by atoms with van der Waals surface area (Å²) < 4.78 is 18.1. The van der Waals surface area contributed by atoms with E-state index >= 15 is 0 Å². The van der Waals surface area contributed by atoms with Crippen LogP contribution >= 0.6 is 0 Å². The van der Waals surface area contributed by atoms with Crippen molar-refractivity contribution in [3.8, 4) is 23.0 Å². The maximum Gasteiger partial charge on any atom is 0.129 e. The molecule has 0 spiro atoms. The Morgan fingerprint density at radius 1 is 1.14 bits per heavy atom. The number of fused-ring (bicyclic) bond motifs is 3. The Morgan fingerprint density at radius 2 is 1.93 bits per heavy atom. The summed E-state index contributed by atoms with van der Waals surface area (Å²) in [6.07, 6.45) is 7.43. The Labute approximate surface area is 173 Å². The summed E-state index contributed by atoms with van der Waals surface area (Å²) in [6.45, 7) is 5.04. The van der Waals surface area contributed by atoms with Gasteiger partial charge >= 0.3 is 0 Å². The molecule has 0 amide bonds. The fraction of sp³-hybridized carbons (Fsp3) is 0.520. The van der Waals surface area contributed by atoms with Gasteiger partial charge < -0.3 is 19.3 Å². The molecule has 0 fully saturated rings. The van der Waals surface area contributed by atoms with Crippen LogP contribution in [0.1, 0.15) is 68.6 Å². The Balaban J connectivity index is 1.58. The second-order valence-corrected chi connectivity index (χ2v) is 8.45. The van der Waals surface area contributed by atoms with Gasteiger partial charge in [0.25, 0.3) is 0 Å². The number of phenols is 1. The number of methoxy groups -OCH3 is 1. The van der Waals surface area contributed by atoms with Gasteiger partial charge in [0, 0.05) is 23.1 Å². The maximum absolute atomic E-state index is 10.4. The molecule has 4 nitrogen and oxygen atoms in total. The lowest BCUT2D eigenvalue weighted by Gasteiger charge is -2.40. The summed E-state index contributed by atoms with van der Waals surface area (Å²) >= 11 is 0. The SMILES string of the molecule is CCCC1(CCC)CCc2c(ccc3c2OCC(c2ccc(OC)cc2O)C3)O1. The average molecular weight is 397 g/mol. The number of phenolic OH excluding ortho intramolecular Hbond substituents is 1. The molecule has 29 heavy (non-hydrogen) atoms. The first-order valence-electron chi connectivity index (χ1n) is 10.9. The first-order chi connectivity index (χ1) is 14.1. The zero-order valence-corrected chi connectivity index (χ0v) is 17.8. The van der Waals surface area contributed by atoms with Crippen molar-refractivity contribution in [1.29, 1.82) is 0 Å². The van der Waals surface area contributed by atoms with E-state index in [9.17, 15) is 5.11 Å². The number of hydrogen-bond acceptors (Lipinski definition) is 4. The number of hydrogen-bond donors (Lipinski definition) is 1. The maximum atomic E-state index is 10.4. The third-order valence-corrected chi connectivity index (χ3v) is 6.44. The minimum Gasteiger partial charge on any atom is -0.508 e. The molecule has 1 N–H and O–H groups in total. The smallest absolute Gasteiger partial charge is 0.129 e. The van der Waals surface area contributed by atoms with Gasteiger partial charge in [0.15, 0.2) is 0 Å². The minimum absolute atomic E-state index is 0.0170. The molecule has 2 heterocycles. The molecule has 2 aliphatic heterocycles. The zero-order valence-electron chi connectivity index (χ0n) is 17.8. The van der Waals surface area contributed by atoms with E-state index in [4.69, 9.17) is 14.2 Å². The van der Waals surface area contributed by atoms with E-state index in [-0.39, 0.29) is 17.3 Å². The van der Waals surface area contributed by atoms with E-state index in [1.807, 2.05) is 12.1 Å². The quantitative estimate of drug-likeness (QED) is 0.672. The van der Waals surface area contributed by atoms with Crippen molar-refractivity contribution in [2.45, 2.75) is 70.3 Å². The molecule has 4 rings (SSSR count). The van der Waals surface area contributed by atoms with Crippen LogP contribution in [0.4, 0.5) is 0 Å². The lowest BCUT2D eigenvalue weighted by atomic mass is 9.82. The van der Waals surface area contributed by atoms with Crippen LogP contribution in [-0.4, -0.2) is 24.4 Å². The third kappa shape index (κ3) is 3.77. The van der Waals surface area contributed by atoms with Crippen molar-refractivity contribution in [2.24, 2.45) is 0 Å². The van der Waals surface area contributed by atoms with Gasteiger partial charge in [-0.3, -0.25) is 0 Å². The molecule has 0 saturated carbocycles. The van der Waals surface area contributed by atoms with Crippen LogP contribution < -0.4 is 14.2 Å². The number of aromatic hydroxyl groups is 1. The van der Waals surface area contributed by atoms with Gasteiger partial charge in [-0.25, -0.2) is 0 Å². The first-order valence-corrected chi connectivity index (χ1v) is 10.9. The van der Waals surface area contributed by atoms with Crippen LogP contribution in [0.3, 0.4) is 0 Å². The summed E-state index contributed by atoms with van der Waals surface area (Å²) in [7, 11) is 1.61. The standard InChI is InChI=1S/C25H32O4/c1-4-11-25(12-5-2)13-10-21-23(29-25)9-6-17-14-18(16-28-24(17)21)20-8-7-19(27-3)15-22(20)26/h6-9,15,18,26H,4-5,10-14,16H2,1-3H3. The summed E-state index contributed by atoms with van der Waals surface area (Å²) in [5.41, 5.74) is 3.33. The fourth-order valence-corrected chi connectivity index (χ4v) is 5.06. The van der Waals surface area contributed by atoms with Crippen LogP contribution in [0, 0.1) is 0 Å². The third-order valence-electron chi connectivity index (χ3n) is 6.44. The molecular formula is C25H32O4. The topological polar surface area (TPSA) is 47.9 Å². The van der Waals surface area contributed by atoms with Crippen LogP contribution in [0.5, 0.6) is 23.0 Å². The van der Waals surface area contributed by atoms with E-state index in [1.54, 1.807) is 13.2 Å². The Bertz CT molecular complexity index is 867. The van der Waals surface area contributed by atoms with E-state index in [0.717, 1.165) is 62.0 Å². The molecule has 2 aromatic carbocycles. The van der Waals surface area contributed by atoms with Crippen LogP contribution in [0.2, 0.25) is 0 Å². The summed E-state index contributed by atoms with van der Waals surface area (Å²) in [5.74, 6) is 3.08. The highest BCUT2D eigenvalue weighted by molar-refractivity contribution is 5.54. The predicted molar refractivity (Wildman–Crippen MR) is 115 cm³/mol. The van der Waals surface area contributed by atoms with Gasteiger partial charge in [-0.2, -0.15) is 0 Å². The van der Waals surface area contributed by atoms with Gasteiger partial charge in [-0.15, -0.1) is 0 Å². The molecule has 4 heteroatoms. The average Bonchev–Trinajstić information content (AvgIpc) is 2.73. The van der Waals surface area contributed by atoms with Gasteiger partial charge in [0.05, 0.1) is 13.7 Å². The largest absolute Gasteiger partial charge is 0.508 e. The summed E-state index contributed by atoms with van der Waals surface area (Å²) in [5, 5.41) is 10.4. The van der Waals surface area contributed by atoms with Crippen molar-refractivity contribution >= 4 is 0 Å². The predicted octanol–water partition coefficient (Wildman–Crippen LogP) is 5.78. The van der Waals surface area contributed by atoms with E-state index in [2.05, 4.69) is 26.0 Å². The van der Waals surface area contributed by atoms with Gasteiger partial charge in [-0.1, -0.05) is 38.8 Å². The van der Waals surface area contributed by atoms with Crippen LogP contribution in [0.25, 0.3) is 0 Å². The van der Waals surface area contributed by atoms with E-state index in [0.29, 0.717) is 12.4 Å². The molecule has 0 radical (unpaired) electrons. The molecule has 0 aliphatic carbocycles. The van der Waals surface area contributed by atoms with Crippen molar-refractivity contribution in [2.75, 3.05) is 13.7 Å². The van der Waals surface area contributed by atoms with E-state index < -0.39 is 0 Å². The van der Waals surface area contributed by atoms with Crippen LogP contribution in [0.15, 0.2) is 30.3 Å². The molecule has 2 aliphatic rings. The molecular weight excluding hydrogens is 364 g/mol. The second kappa shape index (κ2) is 8.17. The van der Waals surface area contributed by atoms with Crippen molar-refractivity contribution < 1.29 is 19.3 Å². The highest BCUT2D eigenvalue weighted by atomic mass is 16.5. The molecule has 156 valence electrons. The molecule has 0 saturated heterocycles. The Kier molecular flexibility index (Phi) is 5.62. The normalized spacial score (nSPS) is 19.5. The highest BCUT2D eigenvalue weighted by Crippen LogP contribution is 2.46. The lowest BCUT2D eigenvalue weighted by molar-refractivity contribution is 0.0264. The van der Waals surface area contributed by atoms with Crippen molar-refractivity contribution in [3.63, 3.8) is 0 Å². The Hall–Kier alpha value is -2.36. The second-order valence-electron chi connectivity index (χ2n) is 8.45. The fourth-order valence-electron chi connectivity index (χ4n) is 5.06. The lowest BCUT2D eigenvalue weighted by Crippen LogP contribution is -2.39. The number of benzene rings is 2. The monoisotopic (exact) mass is 396 g/mol. The first kappa shape index (κ1) is 19.9. The summed E-state index contributed by atoms with van der Waals surface area (Å²) in [6, 6.07) is 9.79. The minimum atomic E-state index is -0.0170. The van der Waals surface area contributed by atoms with Gasteiger partial charge in [-0.05, 0) is 49.8 Å². The van der Waals surface area contributed by atoms with Gasteiger partial charge in [0.2, 0.25) is 0 Å². The Morgan fingerprint density at radius 3 is 2.62 bits per heavy atom. The summed E-state index contributed by atoms with van der Waals surface area (Å²) in [4.78, 5) is 0. The van der Waals surface area contributed by atoms with E-state index in [1.165, 1.54) is 11.1 Å². The van der Waals surface area contributed by atoms with Crippen molar-refractivity contribution in [1.82, 2.24) is 0 Å². The molecule has 2 aromatic rings. The van der Waals surface area contributed by atoms with Gasteiger partial charge in [0.1, 0.15) is 28.6 Å². The molecule has 0 bridgehead atoms. The van der Waals surface area contributed by atoms with Crippen LogP contribution in [-0.2, 0) is 12.8 Å². The number of ether oxygens (including phenoxy) is 3. The van der Waals surface area contributed by atoms with Crippen molar-refractivity contribution in [3.05, 3.63) is 47.0 Å². The molecule has 0 aromatic heterocycles. The molecule has 1 atom stereocenters. The molecule has 1 unspecified atom stereocenters. The number of rotatable bonds is 6. The zero-order chi connectivity index (χ0) is 20.4. The highest BCUT2D eigenvalue weighted by Gasteiger charge is 2.37.